The van der Waals surface area contributed by atoms with Gasteiger partial charge in [0.1, 0.15) is 0 Å². The number of carbonyl (C=O) groups is 3. The fourth-order valence-corrected chi connectivity index (χ4v) is 7.22. The largest absolute Gasteiger partial charge is 0.466 e. The van der Waals surface area contributed by atoms with E-state index < -0.39 is 29.9 Å². The van der Waals surface area contributed by atoms with Crippen LogP contribution in [0.2, 0.25) is 0 Å². The smallest absolute Gasteiger partial charge is 0.310 e. The minimum absolute atomic E-state index is 0.0252. The lowest BCUT2D eigenvalue weighted by Crippen LogP contribution is -2.70. The Morgan fingerprint density at radius 3 is 2.62 bits per heavy atom. The Kier molecular flexibility index (Phi) is 7.57. The molecule has 1 amide bonds. The van der Waals surface area contributed by atoms with E-state index in [4.69, 9.17) is 28.7 Å². The first-order valence-electron chi connectivity index (χ1n) is 14.0. The number of hydrogen-bond donors (Lipinski definition) is 0. The molecule has 0 aromatic rings. The lowest BCUT2D eigenvalue weighted by atomic mass is 9.58. The van der Waals surface area contributed by atoms with E-state index in [0.717, 1.165) is 25.7 Å². The highest BCUT2D eigenvalue weighted by atomic mass is 17.3. The molecule has 0 aromatic carbocycles. The molecule has 0 radical (unpaired) electrons. The van der Waals surface area contributed by atoms with Crippen LogP contribution in [0.3, 0.4) is 0 Å². The van der Waals surface area contributed by atoms with E-state index in [1.54, 1.807) is 11.8 Å². The van der Waals surface area contributed by atoms with Crippen LogP contribution in [-0.2, 0) is 43.1 Å². The summed E-state index contributed by atoms with van der Waals surface area (Å²) >= 11 is 0. The minimum atomic E-state index is -0.894. The second-order valence-corrected chi connectivity index (χ2v) is 11.7. The zero-order chi connectivity index (χ0) is 26.4. The summed E-state index contributed by atoms with van der Waals surface area (Å²) in [5, 5.41) is 0. The summed E-state index contributed by atoms with van der Waals surface area (Å²) in [6.45, 7) is 9.14. The molecule has 5 heterocycles. The van der Waals surface area contributed by atoms with E-state index in [1.807, 2.05) is 13.8 Å². The molecule has 10 nitrogen and oxygen atoms in total. The summed E-state index contributed by atoms with van der Waals surface area (Å²) < 4.78 is 23.5. The molecule has 208 valence electrons. The number of carbonyl (C=O) groups excluding carboxylic acids is 3. The summed E-state index contributed by atoms with van der Waals surface area (Å²) in [6, 6.07) is 0. The molecule has 37 heavy (non-hydrogen) atoms. The number of fused-ring (bicyclic) bond motifs is 2. The van der Waals surface area contributed by atoms with Crippen LogP contribution in [-0.4, -0.2) is 66.4 Å². The highest BCUT2D eigenvalue weighted by Crippen LogP contribution is 2.60. The Labute approximate surface area is 218 Å². The molecule has 4 unspecified atom stereocenters. The fourth-order valence-electron chi connectivity index (χ4n) is 7.22. The molecule has 5 saturated heterocycles. The Hall–Kier alpha value is -1.75. The van der Waals surface area contributed by atoms with Crippen LogP contribution in [0, 0.1) is 29.6 Å². The van der Waals surface area contributed by atoms with Crippen molar-refractivity contribution >= 4 is 17.8 Å². The van der Waals surface area contributed by atoms with Gasteiger partial charge in [-0.25, -0.2) is 9.78 Å². The first kappa shape index (κ1) is 26.8. The van der Waals surface area contributed by atoms with Gasteiger partial charge in [0.25, 0.3) is 0 Å². The highest BCUT2D eigenvalue weighted by Gasteiger charge is 2.69. The van der Waals surface area contributed by atoms with E-state index >= 15 is 0 Å². The van der Waals surface area contributed by atoms with E-state index in [-0.39, 0.29) is 48.4 Å². The Balaban J connectivity index is 1.19. The molecular formula is C27H41NO9. The van der Waals surface area contributed by atoms with Crippen molar-refractivity contribution < 1.29 is 43.1 Å². The van der Waals surface area contributed by atoms with Gasteiger partial charge in [-0.3, -0.25) is 14.4 Å². The lowest BCUT2D eigenvalue weighted by molar-refractivity contribution is -0.576. The maximum absolute atomic E-state index is 12.8. The molecule has 0 N–H and O–H groups in total. The quantitative estimate of drug-likeness (QED) is 0.382. The van der Waals surface area contributed by atoms with Crippen molar-refractivity contribution in [2.24, 2.45) is 29.6 Å². The van der Waals surface area contributed by atoms with Gasteiger partial charge in [0.15, 0.2) is 11.9 Å². The molecule has 2 bridgehead atoms. The standard InChI is InChI=1S/C27H41NO9/c1-5-32-23(31)18-7-6-14-28(15-18)21(29)10-11-22(30)33-24-17(3)20-9-8-16(2)19-12-13-26(4)35-25(34-24)27(19,20)37-36-26/h16-20,24-25H,5-15H2,1-4H3/t16-,17-,18?,19?,20?,24-,25-,26?,27-/m1/s1. The first-order valence-corrected chi connectivity index (χ1v) is 14.0. The van der Waals surface area contributed by atoms with Gasteiger partial charge >= 0.3 is 11.9 Å². The van der Waals surface area contributed by atoms with Crippen molar-refractivity contribution in [3.8, 4) is 0 Å². The summed E-state index contributed by atoms with van der Waals surface area (Å²) in [5.41, 5.74) is -0.713. The molecule has 6 aliphatic rings. The third kappa shape index (κ3) is 4.90. The number of amides is 1. The highest BCUT2D eigenvalue weighted by molar-refractivity contribution is 5.82. The zero-order valence-electron chi connectivity index (χ0n) is 22.4. The topological polar surface area (TPSA) is 110 Å². The summed E-state index contributed by atoms with van der Waals surface area (Å²) in [6.07, 6.45) is 3.57. The second kappa shape index (κ2) is 10.4. The number of nitrogens with zero attached hydrogens (tertiary/aromatic N) is 1. The van der Waals surface area contributed by atoms with Gasteiger partial charge in [-0.2, -0.15) is 0 Å². The van der Waals surface area contributed by atoms with Gasteiger partial charge < -0.3 is 23.8 Å². The first-order chi connectivity index (χ1) is 17.7. The van der Waals surface area contributed by atoms with Crippen LogP contribution in [0.15, 0.2) is 0 Å². The Morgan fingerprint density at radius 1 is 1.03 bits per heavy atom. The molecule has 1 aliphatic carbocycles. The van der Waals surface area contributed by atoms with Crippen LogP contribution >= 0.6 is 0 Å². The fraction of sp³-hybridized carbons (Fsp3) is 0.889. The average Bonchev–Trinajstić information content (AvgIpc) is 3.11. The van der Waals surface area contributed by atoms with Crippen molar-refractivity contribution in [1.82, 2.24) is 4.90 Å². The average molecular weight is 524 g/mol. The molecule has 1 spiro atoms. The number of esters is 2. The maximum Gasteiger partial charge on any atom is 0.310 e. The molecule has 6 rings (SSSR count). The molecule has 9 atom stereocenters. The Morgan fingerprint density at radius 2 is 1.84 bits per heavy atom. The number of hydrogen-bond acceptors (Lipinski definition) is 9. The second-order valence-electron chi connectivity index (χ2n) is 11.7. The SMILES string of the molecule is CCOC(=O)C1CCCN(C(=O)CCC(=O)O[C@@H]2O[C@@H]3OC4(C)CCC5[C@H](C)CCC([C@H]2C)[C@]53OO4)C1. The summed E-state index contributed by atoms with van der Waals surface area (Å²) in [4.78, 5) is 51.3. The van der Waals surface area contributed by atoms with E-state index in [9.17, 15) is 14.4 Å². The van der Waals surface area contributed by atoms with Crippen LogP contribution in [0.4, 0.5) is 0 Å². The monoisotopic (exact) mass is 523 g/mol. The molecular weight excluding hydrogens is 482 g/mol. The van der Waals surface area contributed by atoms with Crippen molar-refractivity contribution in [2.75, 3.05) is 19.7 Å². The molecule has 5 aliphatic heterocycles. The molecule has 0 aromatic heterocycles. The molecule has 6 fully saturated rings. The van der Waals surface area contributed by atoms with Crippen LogP contribution in [0.5, 0.6) is 0 Å². The summed E-state index contributed by atoms with van der Waals surface area (Å²) in [5.74, 6) is -1.48. The lowest BCUT2D eigenvalue weighted by Gasteiger charge is -2.59. The summed E-state index contributed by atoms with van der Waals surface area (Å²) in [7, 11) is 0. The van der Waals surface area contributed by atoms with Gasteiger partial charge in [0.05, 0.1) is 18.9 Å². The van der Waals surface area contributed by atoms with Crippen LogP contribution in [0.25, 0.3) is 0 Å². The van der Waals surface area contributed by atoms with E-state index in [1.165, 1.54) is 0 Å². The minimum Gasteiger partial charge on any atom is -0.466 e. The molecule has 10 heteroatoms. The predicted molar refractivity (Wildman–Crippen MR) is 128 cm³/mol. The van der Waals surface area contributed by atoms with Gasteiger partial charge in [-0.15, -0.1) is 0 Å². The maximum atomic E-state index is 12.8. The van der Waals surface area contributed by atoms with Crippen LogP contribution < -0.4 is 0 Å². The zero-order valence-corrected chi connectivity index (χ0v) is 22.4. The van der Waals surface area contributed by atoms with Crippen molar-refractivity contribution in [3.05, 3.63) is 0 Å². The van der Waals surface area contributed by atoms with E-state index in [0.29, 0.717) is 38.5 Å². The number of rotatable bonds is 6. The van der Waals surface area contributed by atoms with Crippen molar-refractivity contribution in [1.29, 1.82) is 0 Å². The Bertz CT molecular complexity index is 897. The van der Waals surface area contributed by atoms with Crippen molar-refractivity contribution in [3.63, 3.8) is 0 Å². The van der Waals surface area contributed by atoms with Crippen LogP contribution in [0.1, 0.15) is 79.1 Å². The van der Waals surface area contributed by atoms with E-state index in [2.05, 4.69) is 6.92 Å². The number of piperidine rings is 1. The third-order valence-electron chi connectivity index (χ3n) is 9.28. The number of ether oxygens (including phenoxy) is 4. The van der Waals surface area contributed by atoms with Gasteiger partial charge in [-0.1, -0.05) is 13.8 Å². The van der Waals surface area contributed by atoms with Gasteiger partial charge in [-0.05, 0) is 57.8 Å². The molecule has 1 saturated carbocycles. The number of likely N-dealkylation sites (tertiary alicyclic amines) is 1. The predicted octanol–water partition coefficient (Wildman–Crippen LogP) is 3.32. The third-order valence-corrected chi connectivity index (χ3v) is 9.28. The van der Waals surface area contributed by atoms with Gasteiger partial charge in [0, 0.05) is 37.8 Å². The van der Waals surface area contributed by atoms with Crippen molar-refractivity contribution in [2.45, 2.75) is 103 Å². The normalized spacial score (nSPS) is 42.9. The van der Waals surface area contributed by atoms with Gasteiger partial charge in [0.2, 0.25) is 18.0 Å².